The third kappa shape index (κ3) is 3.96. The number of aliphatic carboxylic acids is 1. The van der Waals surface area contributed by atoms with Gasteiger partial charge in [-0.05, 0) is 12.1 Å². The number of hydrogen-bond acceptors (Lipinski definition) is 3. The van der Waals surface area contributed by atoms with Crippen LogP contribution in [0.3, 0.4) is 0 Å². The van der Waals surface area contributed by atoms with Crippen LogP contribution in [-0.4, -0.2) is 35.6 Å². The Morgan fingerprint density at radius 1 is 1.53 bits per heavy atom. The van der Waals surface area contributed by atoms with Gasteiger partial charge in [0.05, 0.1) is 12.1 Å². The Morgan fingerprint density at radius 3 is 2.79 bits per heavy atom. The van der Waals surface area contributed by atoms with Gasteiger partial charge >= 0.3 is 12.0 Å². The van der Waals surface area contributed by atoms with Gasteiger partial charge in [0.2, 0.25) is 0 Å². The molecular formula is C12H12FN3O3. The van der Waals surface area contributed by atoms with Gasteiger partial charge in [-0.15, -0.1) is 0 Å². The highest BCUT2D eigenvalue weighted by atomic mass is 19.1. The van der Waals surface area contributed by atoms with E-state index in [2.05, 4.69) is 5.32 Å². The first-order valence-corrected chi connectivity index (χ1v) is 5.38. The van der Waals surface area contributed by atoms with Crippen LogP contribution in [0.4, 0.5) is 14.9 Å². The summed E-state index contributed by atoms with van der Waals surface area (Å²) in [6, 6.07) is 4.92. The van der Waals surface area contributed by atoms with Crippen LogP contribution >= 0.6 is 0 Å². The van der Waals surface area contributed by atoms with Crippen LogP contribution in [0, 0.1) is 17.1 Å². The molecule has 0 saturated heterocycles. The van der Waals surface area contributed by atoms with E-state index in [0.29, 0.717) is 0 Å². The topological polar surface area (TPSA) is 93.4 Å². The van der Waals surface area contributed by atoms with E-state index in [1.54, 1.807) is 6.07 Å². The van der Waals surface area contributed by atoms with Gasteiger partial charge in [0, 0.05) is 13.6 Å². The lowest BCUT2D eigenvalue weighted by atomic mass is 10.2. The summed E-state index contributed by atoms with van der Waals surface area (Å²) in [7, 11) is 1.41. The molecular weight excluding hydrogens is 253 g/mol. The van der Waals surface area contributed by atoms with E-state index in [-0.39, 0.29) is 24.2 Å². The summed E-state index contributed by atoms with van der Waals surface area (Å²) in [6.45, 7) is 0.0123. The number of anilines is 1. The summed E-state index contributed by atoms with van der Waals surface area (Å²) in [4.78, 5) is 23.2. The molecule has 100 valence electrons. The van der Waals surface area contributed by atoms with Gasteiger partial charge in [0.25, 0.3) is 0 Å². The normalized spacial score (nSPS) is 9.53. The summed E-state index contributed by atoms with van der Waals surface area (Å²) in [6.07, 6.45) is -0.196. The maximum atomic E-state index is 13.3. The number of urea groups is 1. The molecule has 0 saturated carbocycles. The van der Waals surface area contributed by atoms with Crippen molar-refractivity contribution < 1.29 is 19.1 Å². The van der Waals surface area contributed by atoms with Crippen molar-refractivity contribution in [3.8, 4) is 6.07 Å². The molecule has 0 bridgehead atoms. The first kappa shape index (κ1) is 14.4. The second-order valence-electron chi connectivity index (χ2n) is 3.77. The van der Waals surface area contributed by atoms with Gasteiger partial charge in [0.1, 0.15) is 17.4 Å². The molecule has 0 aliphatic heterocycles. The molecule has 0 aromatic heterocycles. The average molecular weight is 265 g/mol. The zero-order chi connectivity index (χ0) is 14.4. The molecule has 2 N–H and O–H groups in total. The number of nitrogens with zero attached hydrogens (tertiary/aromatic N) is 2. The number of carboxylic acids is 1. The Labute approximate surface area is 109 Å². The molecule has 6 nitrogen and oxygen atoms in total. The van der Waals surface area contributed by atoms with E-state index in [4.69, 9.17) is 10.4 Å². The third-order valence-corrected chi connectivity index (χ3v) is 2.37. The van der Waals surface area contributed by atoms with Crippen LogP contribution in [0.15, 0.2) is 18.2 Å². The summed E-state index contributed by atoms with van der Waals surface area (Å²) >= 11 is 0. The number of hydrogen-bond donors (Lipinski definition) is 2. The fourth-order valence-corrected chi connectivity index (χ4v) is 1.32. The minimum Gasteiger partial charge on any atom is -0.481 e. The number of carbonyl (C=O) groups excluding carboxylic acids is 1. The zero-order valence-electron chi connectivity index (χ0n) is 10.2. The third-order valence-electron chi connectivity index (χ3n) is 2.37. The highest BCUT2D eigenvalue weighted by molar-refractivity contribution is 5.90. The van der Waals surface area contributed by atoms with Crippen LogP contribution in [0.25, 0.3) is 0 Å². The highest BCUT2D eigenvalue weighted by Gasteiger charge is 2.14. The summed E-state index contributed by atoms with van der Waals surface area (Å²) < 4.78 is 13.3. The van der Waals surface area contributed by atoms with Gasteiger partial charge in [-0.3, -0.25) is 4.79 Å². The van der Waals surface area contributed by atoms with E-state index >= 15 is 0 Å². The van der Waals surface area contributed by atoms with Gasteiger partial charge in [-0.1, -0.05) is 6.07 Å². The Morgan fingerprint density at radius 2 is 2.21 bits per heavy atom. The first-order chi connectivity index (χ1) is 8.95. The average Bonchev–Trinajstić information content (AvgIpc) is 2.36. The van der Waals surface area contributed by atoms with Gasteiger partial charge < -0.3 is 15.3 Å². The largest absolute Gasteiger partial charge is 0.481 e. The highest BCUT2D eigenvalue weighted by Crippen LogP contribution is 2.18. The van der Waals surface area contributed by atoms with Crippen LogP contribution in [0.5, 0.6) is 0 Å². The molecule has 0 unspecified atom stereocenters. The Hall–Kier alpha value is -2.62. The summed E-state index contributed by atoms with van der Waals surface area (Å²) in [5.41, 5.74) is -0.211. The van der Waals surface area contributed by atoms with Crippen molar-refractivity contribution in [1.82, 2.24) is 4.90 Å². The molecule has 1 aromatic carbocycles. The molecule has 0 aliphatic carbocycles. The molecule has 0 heterocycles. The van der Waals surface area contributed by atoms with Gasteiger partial charge in [0.15, 0.2) is 0 Å². The van der Waals surface area contributed by atoms with Crippen molar-refractivity contribution in [2.24, 2.45) is 0 Å². The molecule has 1 aromatic rings. The molecule has 0 fully saturated rings. The number of nitriles is 1. The number of nitrogens with one attached hydrogen (secondary N) is 1. The van der Waals surface area contributed by atoms with E-state index < -0.39 is 17.8 Å². The number of amides is 2. The van der Waals surface area contributed by atoms with Crippen molar-refractivity contribution in [1.29, 1.82) is 5.26 Å². The molecule has 0 atom stereocenters. The van der Waals surface area contributed by atoms with Gasteiger partial charge in [-0.2, -0.15) is 5.26 Å². The van der Waals surface area contributed by atoms with Crippen molar-refractivity contribution >= 4 is 17.7 Å². The molecule has 0 spiro atoms. The second-order valence-corrected chi connectivity index (χ2v) is 3.77. The van der Waals surface area contributed by atoms with Crippen LogP contribution in [0.1, 0.15) is 12.0 Å². The fourth-order valence-electron chi connectivity index (χ4n) is 1.32. The maximum Gasteiger partial charge on any atom is 0.321 e. The minimum absolute atomic E-state index is 0.0123. The maximum absolute atomic E-state index is 13.3. The van der Waals surface area contributed by atoms with Crippen molar-refractivity contribution in [3.63, 3.8) is 0 Å². The Bertz CT molecular complexity index is 540. The number of benzene rings is 1. The standard InChI is InChI=1S/C12H12FN3O3/c1-16(6-5-11(17)18)12(19)15-10-4-2-3-9(13)8(10)7-14/h2-4H,5-6H2,1H3,(H,15,19)(H,17,18). The quantitative estimate of drug-likeness (QED) is 0.865. The Balaban J connectivity index is 2.75. The SMILES string of the molecule is CN(CCC(=O)O)C(=O)Nc1cccc(F)c1C#N. The summed E-state index contributed by atoms with van der Waals surface area (Å²) in [5.74, 6) is -1.75. The van der Waals surface area contributed by atoms with Crippen LogP contribution in [0.2, 0.25) is 0 Å². The van der Waals surface area contributed by atoms with Crippen molar-refractivity contribution in [2.45, 2.75) is 6.42 Å². The smallest absolute Gasteiger partial charge is 0.321 e. The lowest BCUT2D eigenvalue weighted by Gasteiger charge is -2.17. The number of rotatable bonds is 4. The van der Waals surface area contributed by atoms with Crippen LogP contribution in [-0.2, 0) is 4.79 Å². The van der Waals surface area contributed by atoms with E-state index in [0.717, 1.165) is 11.0 Å². The first-order valence-electron chi connectivity index (χ1n) is 5.38. The Kier molecular flexibility index (Phi) is 4.83. The zero-order valence-corrected chi connectivity index (χ0v) is 10.2. The van der Waals surface area contributed by atoms with Gasteiger partial charge in [-0.25, -0.2) is 9.18 Å². The van der Waals surface area contributed by atoms with E-state index in [1.807, 2.05) is 0 Å². The molecule has 19 heavy (non-hydrogen) atoms. The molecule has 0 aliphatic rings. The monoisotopic (exact) mass is 265 g/mol. The molecule has 7 heteroatoms. The lowest BCUT2D eigenvalue weighted by molar-refractivity contribution is -0.137. The molecule has 0 radical (unpaired) electrons. The van der Waals surface area contributed by atoms with Crippen molar-refractivity contribution in [2.75, 3.05) is 18.9 Å². The van der Waals surface area contributed by atoms with Crippen molar-refractivity contribution in [3.05, 3.63) is 29.6 Å². The molecule has 1 rings (SSSR count). The number of halogens is 1. The van der Waals surface area contributed by atoms with Crippen LogP contribution < -0.4 is 5.32 Å². The van der Waals surface area contributed by atoms with E-state index in [1.165, 1.54) is 19.2 Å². The predicted octanol–water partition coefficient (Wildman–Crippen LogP) is 1.64. The number of carbonyl (C=O) groups is 2. The lowest BCUT2D eigenvalue weighted by Crippen LogP contribution is -2.33. The second kappa shape index (κ2) is 6.35. The van der Waals surface area contributed by atoms with E-state index in [9.17, 15) is 14.0 Å². The summed E-state index contributed by atoms with van der Waals surface area (Å²) in [5, 5.41) is 19.7. The molecule has 2 amide bonds. The fraction of sp³-hybridized carbons (Fsp3) is 0.250. The minimum atomic E-state index is -1.02. The number of carboxylic acid groups (broad SMARTS) is 1. The predicted molar refractivity (Wildman–Crippen MR) is 65.0 cm³/mol.